The minimum Gasteiger partial charge on any atom is -0.480 e. The van der Waals surface area contributed by atoms with Crippen molar-refractivity contribution in [2.24, 2.45) is 23.5 Å². The second kappa shape index (κ2) is 18.8. The van der Waals surface area contributed by atoms with E-state index in [9.17, 15) is 24.3 Å². The van der Waals surface area contributed by atoms with Gasteiger partial charge in [0.25, 0.3) is 0 Å². The number of ether oxygens (including phenoxy) is 6. The predicted molar refractivity (Wildman–Crippen MR) is 154 cm³/mol. The molecule has 0 aliphatic carbocycles. The van der Waals surface area contributed by atoms with Crippen LogP contribution in [-0.4, -0.2) is 61.5 Å². The molecule has 0 fully saturated rings. The van der Waals surface area contributed by atoms with Gasteiger partial charge in [-0.15, -0.1) is 0 Å². The average Bonchev–Trinajstić information content (AvgIpc) is 2.96. The molecule has 12 nitrogen and oxygen atoms in total. The van der Waals surface area contributed by atoms with Gasteiger partial charge in [-0.05, 0) is 48.8 Å². The number of carbonyl (C=O) groups excluding carboxylic acids is 3. The molecule has 1 aromatic rings. The third kappa shape index (κ3) is 13.4. The highest BCUT2D eigenvalue weighted by molar-refractivity contribution is 5.75. The fourth-order valence-electron chi connectivity index (χ4n) is 3.41. The molecule has 0 aliphatic heterocycles. The molecule has 6 atom stereocenters. The Kier molecular flexibility index (Phi) is 16.3. The van der Waals surface area contributed by atoms with Crippen molar-refractivity contribution in [1.82, 2.24) is 0 Å². The van der Waals surface area contributed by atoms with Gasteiger partial charge in [0.05, 0.1) is 19.8 Å². The third-order valence-corrected chi connectivity index (χ3v) is 6.93. The first-order valence-electron chi connectivity index (χ1n) is 14.5. The number of aliphatic carboxylic acids is 1. The lowest BCUT2D eigenvalue weighted by molar-refractivity contribution is -0.139. The molecule has 0 spiro atoms. The van der Waals surface area contributed by atoms with Gasteiger partial charge in [-0.3, -0.25) is 4.79 Å². The van der Waals surface area contributed by atoms with Gasteiger partial charge in [0.2, 0.25) is 0 Å². The summed E-state index contributed by atoms with van der Waals surface area (Å²) in [7, 11) is 0. The maximum atomic E-state index is 12.5. The van der Waals surface area contributed by atoms with Gasteiger partial charge in [-0.1, -0.05) is 66.9 Å². The van der Waals surface area contributed by atoms with Crippen LogP contribution in [0.5, 0.6) is 11.5 Å². The minimum absolute atomic E-state index is 0.000943. The summed E-state index contributed by atoms with van der Waals surface area (Å²) in [6.07, 6.45) is -1.30. The molecule has 5 unspecified atom stereocenters. The summed E-state index contributed by atoms with van der Waals surface area (Å²) in [5.41, 5.74) is 6.36. The Bertz CT molecular complexity index is 1010. The molecular weight excluding hydrogens is 550 g/mol. The molecule has 12 heteroatoms. The van der Waals surface area contributed by atoms with Crippen molar-refractivity contribution in [2.75, 3.05) is 19.8 Å². The average molecular weight is 598 g/mol. The zero-order valence-electron chi connectivity index (χ0n) is 25.8. The highest BCUT2D eigenvalue weighted by atomic mass is 16.7. The first kappa shape index (κ1) is 36.5. The largest absolute Gasteiger partial charge is 0.513 e. The van der Waals surface area contributed by atoms with Crippen LogP contribution in [0.25, 0.3) is 0 Å². The maximum absolute atomic E-state index is 12.5. The van der Waals surface area contributed by atoms with Crippen molar-refractivity contribution >= 4 is 24.4 Å². The molecule has 0 saturated carbocycles. The quantitative estimate of drug-likeness (QED) is 0.117. The number of carboxylic acid groups (broad SMARTS) is 1. The third-order valence-electron chi connectivity index (χ3n) is 6.93. The molecule has 0 aromatic heterocycles. The van der Waals surface area contributed by atoms with Crippen molar-refractivity contribution < 1.29 is 52.7 Å². The second-order valence-electron chi connectivity index (χ2n) is 10.8. The predicted octanol–water partition coefficient (Wildman–Crippen LogP) is 6.28. The Morgan fingerprint density at radius 1 is 0.738 bits per heavy atom. The molecule has 1 rings (SSSR count). The van der Waals surface area contributed by atoms with Crippen LogP contribution in [0.3, 0.4) is 0 Å². The first-order chi connectivity index (χ1) is 19.8. The molecule has 238 valence electrons. The van der Waals surface area contributed by atoms with Crippen LogP contribution in [0, 0.1) is 17.8 Å². The smallest absolute Gasteiger partial charge is 0.480 e. The number of benzene rings is 1. The summed E-state index contributed by atoms with van der Waals surface area (Å²) in [4.78, 5) is 48.8. The van der Waals surface area contributed by atoms with Gasteiger partial charge in [0.15, 0.2) is 11.5 Å². The lowest BCUT2D eigenvalue weighted by Gasteiger charge is -2.25. The van der Waals surface area contributed by atoms with Crippen molar-refractivity contribution in [2.45, 2.75) is 92.2 Å². The van der Waals surface area contributed by atoms with Crippen LogP contribution in [0.1, 0.15) is 85.6 Å². The van der Waals surface area contributed by atoms with Crippen molar-refractivity contribution in [1.29, 1.82) is 0 Å². The molecular formula is C30H47NO11. The van der Waals surface area contributed by atoms with Crippen LogP contribution < -0.4 is 15.2 Å². The Hall–Kier alpha value is -3.54. The lowest BCUT2D eigenvalue weighted by atomic mass is 9.87. The number of rotatable bonds is 17. The molecule has 0 radical (unpaired) electrons. The van der Waals surface area contributed by atoms with Gasteiger partial charge in [-0.25, -0.2) is 14.4 Å². The van der Waals surface area contributed by atoms with Crippen LogP contribution in [0.15, 0.2) is 18.2 Å². The summed E-state index contributed by atoms with van der Waals surface area (Å²) in [6, 6.07) is 2.74. The Balaban J connectivity index is 3.25. The summed E-state index contributed by atoms with van der Waals surface area (Å²) in [5, 5.41) is 9.69. The number of nitrogens with two attached hydrogens (primary N) is 1. The normalized spacial score (nSPS) is 15.2. The van der Waals surface area contributed by atoms with Crippen molar-refractivity contribution in [3.8, 4) is 11.5 Å². The van der Waals surface area contributed by atoms with E-state index in [1.54, 1.807) is 6.92 Å². The molecule has 0 bridgehead atoms. The molecule has 0 amide bonds. The number of carbonyl (C=O) groups is 4. The highest BCUT2D eigenvalue weighted by Crippen LogP contribution is 2.35. The van der Waals surface area contributed by atoms with E-state index in [1.165, 1.54) is 18.2 Å². The monoisotopic (exact) mass is 597 g/mol. The second-order valence-corrected chi connectivity index (χ2v) is 10.8. The minimum atomic E-state index is -1.41. The summed E-state index contributed by atoms with van der Waals surface area (Å²) in [6.45, 7) is 13.6. The van der Waals surface area contributed by atoms with Gasteiger partial charge in [0.1, 0.15) is 12.1 Å². The molecule has 0 aliphatic rings. The van der Waals surface area contributed by atoms with E-state index >= 15 is 0 Å². The fourth-order valence-corrected chi connectivity index (χ4v) is 3.41. The van der Waals surface area contributed by atoms with Crippen molar-refractivity contribution in [3.63, 3.8) is 0 Å². The summed E-state index contributed by atoms with van der Waals surface area (Å²) < 4.78 is 31.4. The number of carboxylic acids is 1. The van der Waals surface area contributed by atoms with E-state index in [0.29, 0.717) is 5.56 Å². The zero-order chi connectivity index (χ0) is 31.8. The van der Waals surface area contributed by atoms with E-state index < -0.39 is 42.5 Å². The van der Waals surface area contributed by atoms with E-state index in [-0.39, 0.29) is 55.5 Å². The van der Waals surface area contributed by atoms with E-state index in [2.05, 4.69) is 0 Å². The van der Waals surface area contributed by atoms with Crippen LogP contribution in [0.4, 0.5) is 14.4 Å². The summed E-state index contributed by atoms with van der Waals surface area (Å²) >= 11 is 0. The number of hydrogen-bond acceptors (Lipinski definition) is 11. The highest BCUT2D eigenvalue weighted by Gasteiger charge is 2.30. The topological polar surface area (TPSA) is 170 Å². The van der Waals surface area contributed by atoms with Crippen LogP contribution in [0.2, 0.25) is 0 Å². The maximum Gasteiger partial charge on any atom is 0.513 e. The fraction of sp³-hybridized carbons (Fsp3) is 0.667. The van der Waals surface area contributed by atoms with Gasteiger partial charge in [-0.2, -0.15) is 0 Å². The Morgan fingerprint density at radius 3 is 1.64 bits per heavy atom. The van der Waals surface area contributed by atoms with Crippen LogP contribution in [-0.2, 0) is 23.7 Å². The molecule has 0 saturated heterocycles. The summed E-state index contributed by atoms with van der Waals surface area (Å²) in [5.74, 6) is -2.18. The van der Waals surface area contributed by atoms with Gasteiger partial charge >= 0.3 is 24.4 Å². The molecule has 3 N–H and O–H groups in total. The molecule has 1 aromatic carbocycles. The zero-order valence-corrected chi connectivity index (χ0v) is 25.8. The first-order valence-corrected chi connectivity index (χ1v) is 14.5. The van der Waals surface area contributed by atoms with Gasteiger partial charge < -0.3 is 39.3 Å². The SMILES string of the molecule is CCC(C)COC(=O)Oc1ccc(C(CC(C)OC(=O)OCC(C)CC)[C@H](N)C(=O)O)cc1OC(=O)OCC(C)CC. The lowest BCUT2D eigenvalue weighted by Crippen LogP contribution is -2.38. The molecule has 42 heavy (non-hydrogen) atoms. The van der Waals surface area contributed by atoms with Crippen molar-refractivity contribution in [3.05, 3.63) is 23.8 Å². The Labute approximate surface area is 248 Å². The van der Waals surface area contributed by atoms with Gasteiger partial charge in [0, 0.05) is 5.92 Å². The number of hydrogen-bond donors (Lipinski definition) is 2. The standard InChI is InChI=1S/C30H47NO11/c1-8-18(4)15-37-28(34)40-21(7)13-23(26(31)27(32)33)22-11-12-24(41-29(35)38-16-19(5)9-2)25(14-22)42-30(36)39-17-20(6)10-3/h11-12,14,18-21,23,26H,8-10,13,15-17,31H2,1-7H3,(H,32,33)/t18?,19?,20?,21?,23?,26-/m0/s1. The van der Waals surface area contributed by atoms with Crippen LogP contribution >= 0.6 is 0 Å². The Morgan fingerprint density at radius 2 is 1.19 bits per heavy atom. The van der Waals surface area contributed by atoms with E-state index in [0.717, 1.165) is 19.3 Å². The van der Waals surface area contributed by atoms with E-state index in [1.807, 2.05) is 41.5 Å². The van der Waals surface area contributed by atoms with E-state index in [4.69, 9.17) is 34.2 Å². The molecule has 0 heterocycles.